The van der Waals surface area contributed by atoms with E-state index in [1.54, 1.807) is 17.6 Å². The van der Waals surface area contributed by atoms with Crippen molar-refractivity contribution in [1.29, 1.82) is 0 Å². The van der Waals surface area contributed by atoms with Crippen LogP contribution in [0.2, 0.25) is 0 Å². The average Bonchev–Trinajstić information content (AvgIpc) is 2.33. The molecule has 0 bridgehead atoms. The number of aliphatic imine (C=N–C) groups is 1. The Morgan fingerprint density at radius 2 is 2.56 bits per heavy atom. The summed E-state index contributed by atoms with van der Waals surface area (Å²) in [5.41, 5.74) is 0. The summed E-state index contributed by atoms with van der Waals surface area (Å²) >= 11 is 0. The Labute approximate surface area is 52.6 Å². The van der Waals surface area contributed by atoms with Gasteiger partial charge in [-0.05, 0) is 6.08 Å². The predicted octanol–water partition coefficient (Wildman–Crippen LogP) is -0.283. The van der Waals surface area contributed by atoms with Crippen LogP contribution in [0.25, 0.3) is 0 Å². The SMILES string of the molecule is C1=CN2N=CNC2N=C1. The van der Waals surface area contributed by atoms with Crippen LogP contribution in [0.5, 0.6) is 0 Å². The fourth-order valence-corrected chi connectivity index (χ4v) is 0.795. The standard InChI is InChI=1S/C5H6N4/c1-2-6-5-7-4-8-9(5)3-1/h1-5H,(H,7,8). The molecule has 1 unspecified atom stereocenters. The molecule has 4 nitrogen and oxygen atoms in total. The molecule has 2 aliphatic rings. The van der Waals surface area contributed by atoms with Crippen LogP contribution < -0.4 is 5.32 Å². The normalized spacial score (nSPS) is 28.4. The Morgan fingerprint density at radius 1 is 1.56 bits per heavy atom. The Bertz CT molecular complexity index is 193. The topological polar surface area (TPSA) is 40.0 Å². The van der Waals surface area contributed by atoms with Gasteiger partial charge in [-0.25, -0.2) is 10.0 Å². The zero-order chi connectivity index (χ0) is 6.10. The summed E-state index contributed by atoms with van der Waals surface area (Å²) in [6.45, 7) is 0. The zero-order valence-electron chi connectivity index (χ0n) is 4.73. The number of nitrogens with one attached hydrogen (secondary N) is 1. The van der Waals surface area contributed by atoms with E-state index in [0.717, 1.165) is 0 Å². The highest BCUT2D eigenvalue weighted by atomic mass is 15.6. The highest BCUT2D eigenvalue weighted by molar-refractivity contribution is 5.72. The van der Waals surface area contributed by atoms with E-state index in [2.05, 4.69) is 15.4 Å². The largest absolute Gasteiger partial charge is 0.335 e. The fraction of sp³-hybridized carbons (Fsp3) is 0.200. The highest BCUT2D eigenvalue weighted by Crippen LogP contribution is 2.06. The van der Waals surface area contributed by atoms with E-state index in [4.69, 9.17) is 0 Å². The lowest BCUT2D eigenvalue weighted by Gasteiger charge is -2.16. The molecule has 46 valence electrons. The summed E-state index contributed by atoms with van der Waals surface area (Å²) in [6.07, 6.45) is 7.12. The minimum absolute atomic E-state index is 0.00926. The van der Waals surface area contributed by atoms with Crippen molar-refractivity contribution >= 4 is 12.6 Å². The highest BCUT2D eigenvalue weighted by Gasteiger charge is 2.16. The molecule has 0 saturated carbocycles. The lowest BCUT2D eigenvalue weighted by atomic mass is 10.5. The molecule has 0 amide bonds. The summed E-state index contributed by atoms with van der Waals surface area (Å²) in [6, 6.07) is 0. The Balaban J connectivity index is 2.25. The van der Waals surface area contributed by atoms with Crippen molar-refractivity contribution in [3.8, 4) is 0 Å². The van der Waals surface area contributed by atoms with Crippen LogP contribution in [0, 0.1) is 0 Å². The molecule has 0 aromatic heterocycles. The van der Waals surface area contributed by atoms with Gasteiger partial charge in [-0.3, -0.25) is 0 Å². The lowest BCUT2D eigenvalue weighted by Crippen LogP contribution is -2.32. The van der Waals surface area contributed by atoms with E-state index in [9.17, 15) is 0 Å². The maximum Gasteiger partial charge on any atom is 0.216 e. The van der Waals surface area contributed by atoms with Crippen LogP contribution in [-0.4, -0.2) is 23.9 Å². The number of allylic oxidation sites excluding steroid dienone is 1. The van der Waals surface area contributed by atoms with Gasteiger partial charge >= 0.3 is 0 Å². The molecule has 2 aliphatic heterocycles. The molecule has 9 heavy (non-hydrogen) atoms. The molecular formula is C5H6N4. The van der Waals surface area contributed by atoms with Crippen molar-refractivity contribution in [2.24, 2.45) is 10.1 Å². The molecule has 0 aliphatic carbocycles. The van der Waals surface area contributed by atoms with Crippen molar-refractivity contribution in [2.75, 3.05) is 0 Å². The van der Waals surface area contributed by atoms with Crippen LogP contribution in [-0.2, 0) is 0 Å². The van der Waals surface area contributed by atoms with Gasteiger partial charge in [-0.2, -0.15) is 5.10 Å². The number of rotatable bonds is 0. The maximum atomic E-state index is 4.07. The van der Waals surface area contributed by atoms with E-state index in [0.29, 0.717) is 0 Å². The van der Waals surface area contributed by atoms with Crippen molar-refractivity contribution in [1.82, 2.24) is 10.3 Å². The first kappa shape index (κ1) is 4.55. The van der Waals surface area contributed by atoms with Gasteiger partial charge in [-0.15, -0.1) is 0 Å². The van der Waals surface area contributed by atoms with Gasteiger partial charge in [0, 0.05) is 12.4 Å². The maximum absolute atomic E-state index is 4.07. The minimum Gasteiger partial charge on any atom is -0.335 e. The van der Waals surface area contributed by atoms with Gasteiger partial charge < -0.3 is 5.32 Å². The van der Waals surface area contributed by atoms with Crippen LogP contribution in [0.3, 0.4) is 0 Å². The summed E-state index contributed by atoms with van der Waals surface area (Å²) in [5.74, 6) is 0. The smallest absolute Gasteiger partial charge is 0.216 e. The van der Waals surface area contributed by atoms with Crippen LogP contribution in [0.4, 0.5) is 0 Å². The van der Waals surface area contributed by atoms with Crippen LogP contribution in [0.15, 0.2) is 22.4 Å². The first-order valence-corrected chi connectivity index (χ1v) is 2.74. The Hall–Kier alpha value is -1.32. The number of hydrogen-bond donors (Lipinski definition) is 1. The second kappa shape index (κ2) is 1.58. The Kier molecular flexibility index (Phi) is 0.798. The van der Waals surface area contributed by atoms with Gasteiger partial charge in [0.1, 0.15) is 6.34 Å². The second-order valence-corrected chi connectivity index (χ2v) is 1.80. The van der Waals surface area contributed by atoms with Crippen molar-refractivity contribution < 1.29 is 0 Å². The zero-order valence-corrected chi connectivity index (χ0v) is 4.73. The second-order valence-electron chi connectivity index (χ2n) is 1.80. The van der Waals surface area contributed by atoms with Gasteiger partial charge in [0.05, 0.1) is 0 Å². The molecule has 0 aromatic rings. The van der Waals surface area contributed by atoms with Gasteiger partial charge in [0.15, 0.2) is 0 Å². The molecular weight excluding hydrogens is 116 g/mol. The third kappa shape index (κ3) is 0.595. The van der Waals surface area contributed by atoms with E-state index in [-0.39, 0.29) is 6.29 Å². The molecule has 0 saturated heterocycles. The summed E-state index contributed by atoms with van der Waals surface area (Å²) in [7, 11) is 0. The van der Waals surface area contributed by atoms with Crippen molar-refractivity contribution in [3.05, 3.63) is 12.3 Å². The molecule has 0 spiro atoms. The molecule has 1 atom stereocenters. The van der Waals surface area contributed by atoms with Gasteiger partial charge in [0.2, 0.25) is 6.29 Å². The van der Waals surface area contributed by atoms with Crippen LogP contribution >= 0.6 is 0 Å². The first-order chi connectivity index (χ1) is 4.47. The van der Waals surface area contributed by atoms with E-state index in [1.165, 1.54) is 0 Å². The molecule has 2 rings (SSSR count). The molecule has 4 heteroatoms. The van der Waals surface area contributed by atoms with E-state index in [1.807, 2.05) is 12.3 Å². The van der Waals surface area contributed by atoms with Gasteiger partial charge in [-0.1, -0.05) is 0 Å². The first-order valence-electron chi connectivity index (χ1n) is 2.74. The molecule has 0 aromatic carbocycles. The summed E-state index contributed by atoms with van der Waals surface area (Å²) in [4.78, 5) is 4.07. The van der Waals surface area contributed by atoms with Gasteiger partial charge in [0.25, 0.3) is 0 Å². The monoisotopic (exact) mass is 122 g/mol. The lowest BCUT2D eigenvalue weighted by molar-refractivity contribution is 0.309. The fourth-order valence-electron chi connectivity index (χ4n) is 0.795. The number of nitrogens with zero attached hydrogens (tertiary/aromatic N) is 3. The number of hydrogen-bond acceptors (Lipinski definition) is 4. The number of hydrazone groups is 1. The third-order valence-electron chi connectivity index (χ3n) is 1.22. The Morgan fingerprint density at radius 3 is 3.44 bits per heavy atom. The van der Waals surface area contributed by atoms with E-state index >= 15 is 0 Å². The van der Waals surface area contributed by atoms with Crippen LogP contribution in [0.1, 0.15) is 0 Å². The van der Waals surface area contributed by atoms with Crippen molar-refractivity contribution in [2.45, 2.75) is 6.29 Å². The number of fused-ring (bicyclic) bond motifs is 1. The molecule has 0 radical (unpaired) electrons. The average molecular weight is 122 g/mol. The quantitative estimate of drug-likeness (QED) is 0.480. The molecule has 0 fully saturated rings. The minimum atomic E-state index is 0.00926. The summed E-state index contributed by atoms with van der Waals surface area (Å²) < 4.78 is 0. The molecule has 2 heterocycles. The summed E-state index contributed by atoms with van der Waals surface area (Å²) in [5, 5.41) is 8.65. The van der Waals surface area contributed by atoms with Crippen molar-refractivity contribution in [3.63, 3.8) is 0 Å². The third-order valence-corrected chi connectivity index (χ3v) is 1.22. The van der Waals surface area contributed by atoms with E-state index < -0.39 is 0 Å². The molecule has 1 N–H and O–H groups in total. The predicted molar refractivity (Wildman–Crippen MR) is 34.9 cm³/mol.